The van der Waals surface area contributed by atoms with Crippen LogP contribution in [0.3, 0.4) is 0 Å². The molecule has 0 unspecified atom stereocenters. The second kappa shape index (κ2) is 19.0. The Bertz CT molecular complexity index is 1070. The molecule has 2 aromatic carbocycles. The van der Waals surface area contributed by atoms with E-state index in [0.29, 0.717) is 11.3 Å². The van der Waals surface area contributed by atoms with Crippen molar-refractivity contribution in [3.05, 3.63) is 78.0 Å². The predicted molar refractivity (Wildman–Crippen MR) is 166 cm³/mol. The molecule has 0 saturated carbocycles. The Morgan fingerprint density at radius 1 is 0.625 bits per heavy atom. The number of ether oxygens (including phenoxy) is 2. The summed E-state index contributed by atoms with van der Waals surface area (Å²) >= 11 is 0. The van der Waals surface area contributed by atoms with Crippen LogP contribution in [0.5, 0.6) is 11.5 Å². The van der Waals surface area contributed by atoms with Crippen LogP contribution >= 0.6 is 0 Å². The summed E-state index contributed by atoms with van der Waals surface area (Å²) in [6.07, 6.45) is 20.9. The van der Waals surface area contributed by atoms with Crippen LogP contribution in [0.2, 0.25) is 0 Å². The van der Waals surface area contributed by atoms with E-state index in [2.05, 4.69) is 18.8 Å². The monoisotopic (exact) mass is 543 g/mol. The third-order valence-electron chi connectivity index (χ3n) is 7.37. The highest BCUT2D eigenvalue weighted by Gasteiger charge is 2.09. The van der Waals surface area contributed by atoms with Crippen molar-refractivity contribution < 1.29 is 14.3 Å². The summed E-state index contributed by atoms with van der Waals surface area (Å²) in [5, 5.41) is 0. The number of carbonyl (C=O) groups is 1. The van der Waals surface area contributed by atoms with Crippen molar-refractivity contribution in [3.63, 3.8) is 0 Å². The molecule has 0 saturated heterocycles. The SMILES string of the molecule is CCCCCCCCCCCOc1ccc(-c2ccc(OC(=O)c3ccc(CCCCCCC)cc3)cc2)nc1. The Balaban J connectivity index is 1.36. The average molecular weight is 544 g/mol. The van der Waals surface area contributed by atoms with Gasteiger partial charge in [-0.05, 0) is 73.4 Å². The zero-order chi connectivity index (χ0) is 28.3. The van der Waals surface area contributed by atoms with Crippen molar-refractivity contribution in [2.24, 2.45) is 0 Å². The number of unbranched alkanes of at least 4 members (excludes halogenated alkanes) is 12. The molecule has 1 aromatic heterocycles. The topological polar surface area (TPSA) is 48.4 Å². The molecule has 216 valence electrons. The summed E-state index contributed by atoms with van der Waals surface area (Å²) in [7, 11) is 0. The highest BCUT2D eigenvalue weighted by atomic mass is 16.5. The second-order valence-corrected chi connectivity index (χ2v) is 10.8. The smallest absolute Gasteiger partial charge is 0.343 e. The minimum Gasteiger partial charge on any atom is -0.492 e. The molecule has 0 aliphatic carbocycles. The zero-order valence-corrected chi connectivity index (χ0v) is 24.8. The van der Waals surface area contributed by atoms with Gasteiger partial charge in [0.2, 0.25) is 0 Å². The summed E-state index contributed by atoms with van der Waals surface area (Å²) in [6, 6.07) is 19.2. The lowest BCUT2D eigenvalue weighted by molar-refractivity contribution is 0.0734. The molecule has 0 atom stereocenters. The molecule has 4 nitrogen and oxygen atoms in total. The van der Waals surface area contributed by atoms with Crippen molar-refractivity contribution in [2.45, 2.75) is 110 Å². The fourth-order valence-electron chi connectivity index (χ4n) is 4.84. The highest BCUT2D eigenvalue weighted by Crippen LogP contribution is 2.23. The van der Waals surface area contributed by atoms with Crippen LogP contribution in [0.25, 0.3) is 11.3 Å². The first-order valence-electron chi connectivity index (χ1n) is 15.7. The fourth-order valence-corrected chi connectivity index (χ4v) is 4.84. The van der Waals surface area contributed by atoms with Gasteiger partial charge < -0.3 is 9.47 Å². The summed E-state index contributed by atoms with van der Waals surface area (Å²) in [5.41, 5.74) is 3.66. The molecule has 40 heavy (non-hydrogen) atoms. The molecule has 4 heteroatoms. The maximum Gasteiger partial charge on any atom is 0.343 e. The van der Waals surface area contributed by atoms with E-state index in [-0.39, 0.29) is 5.97 Å². The number of esters is 1. The maximum absolute atomic E-state index is 12.6. The van der Waals surface area contributed by atoms with Gasteiger partial charge in [-0.25, -0.2) is 4.79 Å². The van der Waals surface area contributed by atoms with Gasteiger partial charge in [0.1, 0.15) is 11.5 Å². The molecule has 3 aromatic rings. The zero-order valence-electron chi connectivity index (χ0n) is 24.8. The lowest BCUT2D eigenvalue weighted by Crippen LogP contribution is -2.08. The Morgan fingerprint density at radius 2 is 1.20 bits per heavy atom. The van der Waals surface area contributed by atoms with Gasteiger partial charge in [-0.3, -0.25) is 4.98 Å². The molecule has 0 fully saturated rings. The number of pyridine rings is 1. The van der Waals surface area contributed by atoms with Crippen LogP contribution in [-0.2, 0) is 6.42 Å². The number of hydrogen-bond donors (Lipinski definition) is 0. The van der Waals surface area contributed by atoms with Crippen molar-refractivity contribution in [3.8, 4) is 22.8 Å². The van der Waals surface area contributed by atoms with E-state index in [4.69, 9.17) is 9.47 Å². The Morgan fingerprint density at radius 3 is 1.80 bits per heavy atom. The molecule has 0 N–H and O–H groups in total. The van der Waals surface area contributed by atoms with Crippen molar-refractivity contribution in [1.29, 1.82) is 0 Å². The molecular weight excluding hydrogens is 494 g/mol. The van der Waals surface area contributed by atoms with Crippen LogP contribution in [0, 0.1) is 0 Å². The molecule has 1 heterocycles. The Hall–Kier alpha value is -3.14. The molecule has 0 aliphatic rings. The largest absolute Gasteiger partial charge is 0.492 e. The fraction of sp³-hybridized carbons (Fsp3) is 0.500. The second-order valence-electron chi connectivity index (χ2n) is 10.8. The molecule has 0 bridgehead atoms. The van der Waals surface area contributed by atoms with Gasteiger partial charge in [0.15, 0.2) is 0 Å². The minimum absolute atomic E-state index is 0.339. The van der Waals surface area contributed by atoms with Crippen molar-refractivity contribution >= 4 is 5.97 Å². The van der Waals surface area contributed by atoms with E-state index in [9.17, 15) is 4.79 Å². The van der Waals surface area contributed by atoms with Gasteiger partial charge in [0.25, 0.3) is 0 Å². The molecule has 0 aliphatic heterocycles. The number of benzene rings is 2. The number of aromatic nitrogens is 1. The third kappa shape index (κ3) is 11.9. The minimum atomic E-state index is -0.339. The standard InChI is InChI=1S/C36H49NO3/c1-3-5-7-9-10-11-12-14-16-28-39-34-26-27-35(37-29-34)31-22-24-33(25-23-31)40-36(38)32-20-18-30(19-21-32)17-15-13-8-6-4-2/h18-27,29H,3-17,28H2,1-2H3. The van der Waals surface area contributed by atoms with E-state index >= 15 is 0 Å². The van der Waals surface area contributed by atoms with E-state index in [0.717, 1.165) is 36.5 Å². The molecule has 0 radical (unpaired) electrons. The summed E-state index contributed by atoms with van der Waals surface area (Å²) < 4.78 is 11.5. The predicted octanol–water partition coefficient (Wildman–Crippen LogP) is 10.4. The van der Waals surface area contributed by atoms with Crippen molar-refractivity contribution in [2.75, 3.05) is 6.61 Å². The number of aryl methyl sites for hydroxylation is 1. The first-order chi connectivity index (χ1) is 19.7. The molecule has 0 spiro atoms. The summed E-state index contributed by atoms with van der Waals surface area (Å²) in [6.45, 7) is 5.23. The quantitative estimate of drug-likeness (QED) is 0.0808. The Labute approximate surface area is 242 Å². The van der Waals surface area contributed by atoms with E-state index in [1.54, 1.807) is 6.20 Å². The summed E-state index contributed by atoms with van der Waals surface area (Å²) in [4.78, 5) is 17.2. The number of carbonyl (C=O) groups excluding carboxylic acids is 1. The van der Waals surface area contributed by atoms with Gasteiger partial charge >= 0.3 is 5.97 Å². The highest BCUT2D eigenvalue weighted by molar-refractivity contribution is 5.91. The van der Waals surface area contributed by atoms with Crippen LogP contribution in [-0.4, -0.2) is 17.6 Å². The average Bonchev–Trinajstić information content (AvgIpc) is 2.99. The summed E-state index contributed by atoms with van der Waals surface area (Å²) in [5.74, 6) is 0.986. The first kappa shape index (κ1) is 31.4. The molecule has 0 amide bonds. The number of nitrogens with zero attached hydrogens (tertiary/aromatic N) is 1. The van der Waals surface area contributed by atoms with Crippen LogP contribution in [0.15, 0.2) is 66.9 Å². The lowest BCUT2D eigenvalue weighted by atomic mass is 10.0. The first-order valence-corrected chi connectivity index (χ1v) is 15.7. The van der Waals surface area contributed by atoms with Crippen molar-refractivity contribution in [1.82, 2.24) is 4.98 Å². The number of hydrogen-bond acceptors (Lipinski definition) is 4. The van der Waals surface area contributed by atoms with Crippen LogP contribution in [0.1, 0.15) is 120 Å². The normalized spacial score (nSPS) is 10.9. The number of rotatable bonds is 20. The third-order valence-corrected chi connectivity index (χ3v) is 7.37. The molecular formula is C36H49NO3. The Kier molecular flexibility index (Phi) is 14.9. The van der Waals surface area contributed by atoms with Gasteiger partial charge in [-0.15, -0.1) is 0 Å². The van der Waals surface area contributed by atoms with E-state index in [1.807, 2.05) is 60.7 Å². The van der Waals surface area contributed by atoms with Crippen LogP contribution < -0.4 is 9.47 Å². The van der Waals surface area contributed by atoms with Gasteiger partial charge in [-0.2, -0.15) is 0 Å². The van der Waals surface area contributed by atoms with Gasteiger partial charge in [-0.1, -0.05) is 103 Å². The lowest BCUT2D eigenvalue weighted by Gasteiger charge is -2.08. The van der Waals surface area contributed by atoms with Crippen LogP contribution in [0.4, 0.5) is 0 Å². The van der Waals surface area contributed by atoms with E-state index in [1.165, 1.54) is 89.0 Å². The molecule has 3 rings (SSSR count). The van der Waals surface area contributed by atoms with Gasteiger partial charge in [0, 0.05) is 5.56 Å². The van der Waals surface area contributed by atoms with Gasteiger partial charge in [0.05, 0.1) is 24.1 Å². The maximum atomic E-state index is 12.6. The van der Waals surface area contributed by atoms with E-state index < -0.39 is 0 Å².